The lowest BCUT2D eigenvalue weighted by atomic mass is 9.93. The highest BCUT2D eigenvalue weighted by Gasteiger charge is 2.27. The summed E-state index contributed by atoms with van der Waals surface area (Å²) in [6, 6.07) is 5.78. The number of hydrogen-bond acceptors (Lipinski definition) is 10. The molecule has 2 aromatic heterocycles. The molecule has 0 saturated carbocycles. The molecule has 1 amide bonds. The number of amides is 1. The van der Waals surface area contributed by atoms with E-state index in [4.69, 9.17) is 24.9 Å². The number of nitrogens with zero attached hydrogens (tertiary/aromatic N) is 6. The molecule has 1 saturated heterocycles. The topological polar surface area (TPSA) is 141 Å². The van der Waals surface area contributed by atoms with Crippen molar-refractivity contribution in [2.75, 3.05) is 39.1 Å². The van der Waals surface area contributed by atoms with Crippen LogP contribution in [-0.4, -0.2) is 69.8 Å². The zero-order valence-electron chi connectivity index (χ0n) is 20.8. The number of nitrogens with two attached hydrogens (primary N) is 1. The summed E-state index contributed by atoms with van der Waals surface area (Å²) < 4.78 is 18.6. The number of piperidine rings is 1. The Hall–Kier alpha value is -3.56. The molecular weight excluding hydrogens is 494 g/mol. The van der Waals surface area contributed by atoms with Crippen LogP contribution < -0.4 is 15.2 Å². The Kier molecular flexibility index (Phi) is 7.34. The molecule has 0 aliphatic carbocycles. The number of ether oxygens (including phenoxy) is 3. The van der Waals surface area contributed by atoms with Gasteiger partial charge in [0.25, 0.3) is 5.91 Å². The van der Waals surface area contributed by atoms with Gasteiger partial charge in [-0.2, -0.15) is 5.26 Å². The lowest BCUT2D eigenvalue weighted by molar-refractivity contribution is -0.142. The Morgan fingerprint density at radius 2 is 2.00 bits per heavy atom. The second kappa shape index (κ2) is 10.8. The SMILES string of the molecule is CO[C@H](C)C(=O)N1CCC(CCn2c(Sc3cc4c(cc3C#N)OCCO4)nc3c(N)ncnc32)CC1. The van der Waals surface area contributed by atoms with Gasteiger partial charge in [-0.3, -0.25) is 4.79 Å². The maximum absolute atomic E-state index is 12.4. The second-order valence-electron chi connectivity index (χ2n) is 9.12. The van der Waals surface area contributed by atoms with E-state index in [1.165, 1.54) is 18.1 Å². The van der Waals surface area contributed by atoms with Crippen LogP contribution in [0.25, 0.3) is 11.2 Å². The van der Waals surface area contributed by atoms with Crippen molar-refractivity contribution in [3.05, 3.63) is 24.0 Å². The zero-order valence-corrected chi connectivity index (χ0v) is 21.7. The average Bonchev–Trinajstić information content (AvgIpc) is 3.29. The van der Waals surface area contributed by atoms with Gasteiger partial charge in [-0.15, -0.1) is 0 Å². The fourth-order valence-corrected chi connectivity index (χ4v) is 5.67. The fraction of sp³-hybridized carbons (Fsp3) is 0.480. The highest BCUT2D eigenvalue weighted by Crippen LogP contribution is 2.40. The van der Waals surface area contributed by atoms with Gasteiger partial charge in [-0.25, -0.2) is 15.0 Å². The number of aryl methyl sites for hydroxylation is 1. The van der Waals surface area contributed by atoms with Gasteiger partial charge in [0.05, 0.1) is 5.56 Å². The minimum absolute atomic E-state index is 0.0418. The summed E-state index contributed by atoms with van der Waals surface area (Å²) in [7, 11) is 1.56. The number of fused-ring (bicyclic) bond motifs is 2. The first kappa shape index (κ1) is 25.1. The number of methoxy groups -OCH3 is 1. The van der Waals surface area contributed by atoms with E-state index in [9.17, 15) is 10.1 Å². The van der Waals surface area contributed by atoms with E-state index in [1.54, 1.807) is 20.1 Å². The molecule has 37 heavy (non-hydrogen) atoms. The number of hydrogen-bond donors (Lipinski definition) is 1. The molecule has 1 fully saturated rings. The Labute approximate surface area is 218 Å². The number of carbonyl (C=O) groups excluding carboxylic acids is 1. The molecule has 0 unspecified atom stereocenters. The van der Waals surface area contributed by atoms with Crippen LogP contribution in [0.2, 0.25) is 0 Å². The number of imidazole rings is 1. The summed E-state index contributed by atoms with van der Waals surface area (Å²) in [4.78, 5) is 28.4. The van der Waals surface area contributed by atoms with Gasteiger partial charge >= 0.3 is 0 Å². The first-order valence-corrected chi connectivity index (χ1v) is 13.1. The number of aromatic nitrogens is 4. The van der Waals surface area contributed by atoms with E-state index in [1.807, 2.05) is 15.5 Å². The highest BCUT2D eigenvalue weighted by atomic mass is 32.2. The van der Waals surface area contributed by atoms with Gasteiger partial charge in [0, 0.05) is 37.7 Å². The summed E-state index contributed by atoms with van der Waals surface area (Å²) in [5, 5.41) is 10.4. The van der Waals surface area contributed by atoms with E-state index in [-0.39, 0.29) is 5.91 Å². The van der Waals surface area contributed by atoms with Crippen LogP contribution in [0.1, 0.15) is 31.7 Å². The maximum Gasteiger partial charge on any atom is 0.251 e. The Balaban J connectivity index is 1.36. The number of nitriles is 1. The molecule has 12 heteroatoms. The number of rotatable bonds is 7. The van der Waals surface area contributed by atoms with Gasteiger partial charge < -0.3 is 29.4 Å². The predicted molar refractivity (Wildman–Crippen MR) is 136 cm³/mol. The van der Waals surface area contributed by atoms with Gasteiger partial charge in [-0.1, -0.05) is 11.8 Å². The van der Waals surface area contributed by atoms with Crippen LogP contribution in [0.4, 0.5) is 5.82 Å². The number of anilines is 1. The molecule has 4 heterocycles. The minimum atomic E-state index is -0.419. The Bertz CT molecular complexity index is 1350. The molecule has 194 valence electrons. The van der Waals surface area contributed by atoms with Crippen molar-refractivity contribution in [3.8, 4) is 17.6 Å². The lowest BCUT2D eigenvalue weighted by Crippen LogP contribution is -2.43. The standard InChI is InChI=1S/C25H29N7O4S/c1-15(34-2)24(33)31-6-3-16(4-7-31)5-8-32-23-21(22(27)28-14-29-23)30-25(32)37-20-12-19-18(11-17(20)13-26)35-9-10-36-19/h11-12,14-16H,3-10H2,1-2H3,(H2,27,28,29)/t15-/m1/s1. The first-order chi connectivity index (χ1) is 18.0. The van der Waals surface area contributed by atoms with Crippen LogP contribution in [-0.2, 0) is 16.1 Å². The van der Waals surface area contributed by atoms with Crippen LogP contribution in [0.15, 0.2) is 28.5 Å². The molecule has 0 radical (unpaired) electrons. The van der Waals surface area contributed by atoms with Gasteiger partial charge in [-0.05, 0) is 38.2 Å². The molecule has 5 rings (SSSR count). The molecule has 11 nitrogen and oxygen atoms in total. The van der Waals surface area contributed by atoms with E-state index >= 15 is 0 Å². The molecule has 2 aliphatic heterocycles. The van der Waals surface area contributed by atoms with E-state index in [0.717, 1.165) is 32.4 Å². The number of nitrogen functional groups attached to an aromatic ring is 1. The highest BCUT2D eigenvalue weighted by molar-refractivity contribution is 7.99. The van der Waals surface area contributed by atoms with Gasteiger partial charge in [0.15, 0.2) is 33.6 Å². The molecule has 0 bridgehead atoms. The maximum atomic E-state index is 12.4. The van der Waals surface area contributed by atoms with E-state index in [2.05, 4.69) is 16.0 Å². The average molecular weight is 524 g/mol. The molecule has 0 spiro atoms. The van der Waals surface area contributed by atoms with Crippen LogP contribution >= 0.6 is 11.8 Å². The van der Waals surface area contributed by atoms with E-state index in [0.29, 0.717) is 69.8 Å². The fourth-order valence-electron chi connectivity index (χ4n) is 4.67. The van der Waals surface area contributed by atoms with Crippen molar-refractivity contribution in [3.63, 3.8) is 0 Å². The van der Waals surface area contributed by atoms with Crippen LogP contribution in [0.3, 0.4) is 0 Å². The first-order valence-electron chi connectivity index (χ1n) is 12.3. The second-order valence-corrected chi connectivity index (χ2v) is 10.1. The summed E-state index contributed by atoms with van der Waals surface area (Å²) in [6.07, 6.45) is 3.77. The monoisotopic (exact) mass is 523 g/mol. The minimum Gasteiger partial charge on any atom is -0.486 e. The summed E-state index contributed by atoms with van der Waals surface area (Å²) in [5.74, 6) is 1.99. The van der Waals surface area contributed by atoms with Crippen molar-refractivity contribution in [2.24, 2.45) is 5.92 Å². The molecular formula is C25H29N7O4S. The smallest absolute Gasteiger partial charge is 0.251 e. The number of benzene rings is 1. The Morgan fingerprint density at radius 3 is 2.70 bits per heavy atom. The molecule has 2 N–H and O–H groups in total. The van der Waals surface area contributed by atoms with Crippen molar-refractivity contribution < 1.29 is 19.0 Å². The van der Waals surface area contributed by atoms with Crippen molar-refractivity contribution >= 4 is 34.7 Å². The molecule has 3 aromatic rings. The third-order valence-electron chi connectivity index (χ3n) is 6.88. The van der Waals surface area contributed by atoms with Crippen molar-refractivity contribution in [1.82, 2.24) is 24.4 Å². The quantitative estimate of drug-likeness (QED) is 0.491. The van der Waals surface area contributed by atoms with E-state index < -0.39 is 6.10 Å². The summed E-state index contributed by atoms with van der Waals surface area (Å²) in [5.41, 5.74) is 7.80. The molecule has 2 aliphatic rings. The molecule has 1 aromatic carbocycles. The third-order valence-corrected chi connectivity index (χ3v) is 7.93. The predicted octanol–water partition coefficient (Wildman–Crippen LogP) is 2.87. The summed E-state index contributed by atoms with van der Waals surface area (Å²) in [6.45, 7) is 4.82. The van der Waals surface area contributed by atoms with Crippen LogP contribution in [0.5, 0.6) is 11.5 Å². The van der Waals surface area contributed by atoms with Gasteiger partial charge in [0.1, 0.15) is 31.7 Å². The number of likely N-dealkylation sites (tertiary alicyclic amines) is 1. The number of carbonyl (C=O) groups is 1. The third kappa shape index (κ3) is 5.14. The largest absolute Gasteiger partial charge is 0.486 e. The van der Waals surface area contributed by atoms with Crippen LogP contribution in [0, 0.1) is 17.2 Å². The lowest BCUT2D eigenvalue weighted by Gasteiger charge is -2.33. The van der Waals surface area contributed by atoms with Crippen molar-refractivity contribution in [1.29, 1.82) is 5.26 Å². The summed E-state index contributed by atoms with van der Waals surface area (Å²) >= 11 is 1.37. The Morgan fingerprint density at radius 1 is 1.27 bits per heavy atom. The van der Waals surface area contributed by atoms with Gasteiger partial charge in [0.2, 0.25) is 0 Å². The molecule has 1 atom stereocenters. The normalized spacial score (nSPS) is 16.5. The zero-order chi connectivity index (χ0) is 25.9. The van der Waals surface area contributed by atoms with Crippen molar-refractivity contribution in [2.45, 2.75) is 48.9 Å².